The van der Waals surface area contributed by atoms with Crippen LogP contribution in [0.5, 0.6) is 0 Å². The number of rotatable bonds is 8. The third-order valence-electron chi connectivity index (χ3n) is 2.82. The van der Waals surface area contributed by atoms with Crippen molar-refractivity contribution in [1.82, 2.24) is 5.32 Å². The summed E-state index contributed by atoms with van der Waals surface area (Å²) in [5.41, 5.74) is 1.96. The minimum atomic E-state index is -0.208. The SMILES string of the molecule is CC(C)c1ccccc1NC(=O)NCCCOCCO. The highest BCUT2D eigenvalue weighted by Crippen LogP contribution is 2.23. The molecule has 1 rings (SSSR count). The van der Waals surface area contributed by atoms with Gasteiger partial charge in [0.05, 0.1) is 13.2 Å². The smallest absolute Gasteiger partial charge is 0.319 e. The number of nitrogens with one attached hydrogen (secondary N) is 2. The van der Waals surface area contributed by atoms with Crippen LogP contribution in [0.4, 0.5) is 10.5 Å². The van der Waals surface area contributed by atoms with Crippen molar-refractivity contribution in [1.29, 1.82) is 0 Å². The van der Waals surface area contributed by atoms with Crippen LogP contribution in [-0.4, -0.2) is 37.5 Å². The summed E-state index contributed by atoms with van der Waals surface area (Å²) in [4.78, 5) is 11.8. The molecule has 0 saturated heterocycles. The highest BCUT2D eigenvalue weighted by molar-refractivity contribution is 5.90. The van der Waals surface area contributed by atoms with E-state index >= 15 is 0 Å². The molecule has 0 radical (unpaired) electrons. The number of aliphatic hydroxyl groups is 1. The van der Waals surface area contributed by atoms with E-state index in [1.807, 2.05) is 24.3 Å². The minimum absolute atomic E-state index is 0.0277. The lowest BCUT2D eigenvalue weighted by molar-refractivity contribution is 0.0910. The second kappa shape index (κ2) is 9.34. The lowest BCUT2D eigenvalue weighted by Gasteiger charge is -2.14. The molecule has 0 fully saturated rings. The fraction of sp³-hybridized carbons (Fsp3) is 0.533. The van der Waals surface area contributed by atoms with Crippen LogP contribution in [0.15, 0.2) is 24.3 Å². The zero-order chi connectivity index (χ0) is 14.8. The van der Waals surface area contributed by atoms with Crippen LogP contribution < -0.4 is 10.6 Å². The molecule has 2 amide bonds. The van der Waals surface area contributed by atoms with Crippen LogP contribution in [0, 0.1) is 0 Å². The van der Waals surface area contributed by atoms with Gasteiger partial charge in [0.1, 0.15) is 0 Å². The second-order valence-corrected chi connectivity index (χ2v) is 4.81. The first-order valence-corrected chi connectivity index (χ1v) is 6.97. The summed E-state index contributed by atoms with van der Waals surface area (Å²) >= 11 is 0. The Morgan fingerprint density at radius 1 is 1.30 bits per heavy atom. The maximum atomic E-state index is 11.8. The topological polar surface area (TPSA) is 70.6 Å². The Morgan fingerprint density at radius 2 is 2.05 bits per heavy atom. The van der Waals surface area contributed by atoms with Crippen molar-refractivity contribution in [2.75, 3.05) is 31.7 Å². The molecule has 20 heavy (non-hydrogen) atoms. The number of hydrogen-bond acceptors (Lipinski definition) is 3. The van der Waals surface area contributed by atoms with Crippen molar-refractivity contribution < 1.29 is 14.6 Å². The van der Waals surface area contributed by atoms with Gasteiger partial charge in [-0.3, -0.25) is 0 Å². The van der Waals surface area contributed by atoms with Crippen molar-refractivity contribution in [3.63, 3.8) is 0 Å². The molecule has 1 aromatic rings. The Labute approximate surface area is 120 Å². The van der Waals surface area contributed by atoms with E-state index in [0.717, 1.165) is 17.7 Å². The van der Waals surface area contributed by atoms with Gasteiger partial charge in [-0.2, -0.15) is 0 Å². The third kappa shape index (κ3) is 6.04. The summed E-state index contributed by atoms with van der Waals surface area (Å²) in [5, 5.41) is 14.2. The van der Waals surface area contributed by atoms with Crippen LogP contribution in [0.2, 0.25) is 0 Å². The molecule has 0 aliphatic rings. The van der Waals surface area contributed by atoms with Crippen LogP contribution in [-0.2, 0) is 4.74 Å². The number of aliphatic hydroxyl groups excluding tert-OH is 1. The van der Waals surface area contributed by atoms with Gasteiger partial charge in [0.15, 0.2) is 0 Å². The Morgan fingerprint density at radius 3 is 2.75 bits per heavy atom. The van der Waals surface area contributed by atoms with Crippen LogP contribution in [0.3, 0.4) is 0 Å². The Bertz CT molecular complexity index is 408. The lowest BCUT2D eigenvalue weighted by atomic mass is 10.0. The minimum Gasteiger partial charge on any atom is -0.394 e. The summed E-state index contributed by atoms with van der Waals surface area (Å²) in [5.74, 6) is 0.360. The first-order valence-electron chi connectivity index (χ1n) is 6.97. The van der Waals surface area contributed by atoms with Crippen molar-refractivity contribution in [2.45, 2.75) is 26.2 Å². The number of carbonyl (C=O) groups excluding carboxylic acids is 1. The third-order valence-corrected chi connectivity index (χ3v) is 2.82. The molecule has 0 spiro atoms. The van der Waals surface area contributed by atoms with E-state index < -0.39 is 0 Å². The monoisotopic (exact) mass is 280 g/mol. The number of ether oxygens (including phenoxy) is 1. The van der Waals surface area contributed by atoms with E-state index in [9.17, 15) is 4.79 Å². The predicted octanol–water partition coefficient (Wildman–Crippen LogP) is 2.33. The summed E-state index contributed by atoms with van der Waals surface area (Å²) < 4.78 is 5.11. The Balaban J connectivity index is 2.32. The van der Waals surface area contributed by atoms with Gasteiger partial charge in [0.2, 0.25) is 0 Å². The van der Waals surface area contributed by atoms with E-state index in [4.69, 9.17) is 9.84 Å². The standard InChI is InChI=1S/C15H24N2O3/c1-12(2)13-6-3-4-7-14(13)17-15(19)16-8-5-10-20-11-9-18/h3-4,6-7,12,18H,5,8-11H2,1-2H3,(H2,16,17,19). The molecule has 0 aromatic heterocycles. The number of para-hydroxylation sites is 1. The second-order valence-electron chi connectivity index (χ2n) is 4.81. The van der Waals surface area contributed by atoms with E-state index in [0.29, 0.717) is 25.7 Å². The average molecular weight is 280 g/mol. The van der Waals surface area contributed by atoms with Gasteiger partial charge < -0.3 is 20.5 Å². The van der Waals surface area contributed by atoms with E-state index in [-0.39, 0.29) is 12.6 Å². The van der Waals surface area contributed by atoms with E-state index in [1.54, 1.807) is 0 Å². The number of amides is 2. The lowest BCUT2D eigenvalue weighted by Crippen LogP contribution is -2.30. The summed E-state index contributed by atoms with van der Waals surface area (Å²) in [6.07, 6.45) is 0.721. The van der Waals surface area contributed by atoms with Gasteiger partial charge in [-0.15, -0.1) is 0 Å². The van der Waals surface area contributed by atoms with Gasteiger partial charge in [0, 0.05) is 18.8 Å². The summed E-state index contributed by atoms with van der Waals surface area (Å²) in [6.45, 7) is 5.63. The van der Waals surface area contributed by atoms with E-state index in [1.165, 1.54) is 0 Å². The molecule has 0 saturated carbocycles. The normalized spacial score (nSPS) is 10.6. The van der Waals surface area contributed by atoms with Crippen LogP contribution in [0.1, 0.15) is 31.7 Å². The number of benzene rings is 1. The van der Waals surface area contributed by atoms with Crippen LogP contribution >= 0.6 is 0 Å². The molecule has 0 aliphatic heterocycles. The highest BCUT2D eigenvalue weighted by atomic mass is 16.5. The molecule has 5 heteroatoms. The first kappa shape index (κ1) is 16.5. The van der Waals surface area contributed by atoms with Crippen molar-refractivity contribution in [3.8, 4) is 0 Å². The number of anilines is 1. The van der Waals surface area contributed by atoms with Gasteiger partial charge in [0.25, 0.3) is 0 Å². The van der Waals surface area contributed by atoms with Gasteiger partial charge >= 0.3 is 6.03 Å². The highest BCUT2D eigenvalue weighted by Gasteiger charge is 2.08. The average Bonchev–Trinajstić information content (AvgIpc) is 2.43. The maximum Gasteiger partial charge on any atom is 0.319 e. The van der Waals surface area contributed by atoms with Crippen molar-refractivity contribution in [3.05, 3.63) is 29.8 Å². The van der Waals surface area contributed by atoms with Gasteiger partial charge in [-0.25, -0.2) is 4.79 Å². The molecular formula is C15H24N2O3. The maximum absolute atomic E-state index is 11.8. The molecule has 0 heterocycles. The van der Waals surface area contributed by atoms with Gasteiger partial charge in [-0.1, -0.05) is 32.0 Å². The fourth-order valence-electron chi connectivity index (χ4n) is 1.82. The molecule has 3 N–H and O–H groups in total. The van der Waals surface area contributed by atoms with Gasteiger partial charge in [-0.05, 0) is 24.0 Å². The Hall–Kier alpha value is -1.59. The molecular weight excluding hydrogens is 256 g/mol. The molecule has 1 aromatic carbocycles. The van der Waals surface area contributed by atoms with Crippen molar-refractivity contribution in [2.24, 2.45) is 0 Å². The predicted molar refractivity (Wildman–Crippen MR) is 80.1 cm³/mol. The Kier molecular flexibility index (Phi) is 7.69. The number of urea groups is 1. The fourth-order valence-corrected chi connectivity index (χ4v) is 1.82. The molecule has 0 bridgehead atoms. The largest absolute Gasteiger partial charge is 0.394 e. The van der Waals surface area contributed by atoms with Crippen LogP contribution in [0.25, 0.3) is 0 Å². The number of carbonyl (C=O) groups is 1. The summed E-state index contributed by atoms with van der Waals surface area (Å²) in [7, 11) is 0. The molecule has 0 atom stereocenters. The van der Waals surface area contributed by atoms with Crippen molar-refractivity contribution >= 4 is 11.7 Å². The quantitative estimate of drug-likeness (QED) is 0.640. The molecule has 112 valence electrons. The molecule has 0 unspecified atom stereocenters. The zero-order valence-electron chi connectivity index (χ0n) is 12.2. The number of hydrogen-bond donors (Lipinski definition) is 3. The molecule has 0 aliphatic carbocycles. The first-order chi connectivity index (χ1) is 9.65. The summed E-state index contributed by atoms with van der Waals surface area (Å²) in [6, 6.07) is 7.59. The van der Waals surface area contributed by atoms with E-state index in [2.05, 4.69) is 24.5 Å². The molecule has 5 nitrogen and oxygen atoms in total. The zero-order valence-corrected chi connectivity index (χ0v) is 12.2.